The highest BCUT2D eigenvalue weighted by atomic mass is 32.2. The third kappa shape index (κ3) is 4.66. The summed E-state index contributed by atoms with van der Waals surface area (Å²) in [5, 5.41) is 2.66. The maximum Gasteiger partial charge on any atom is 0.416 e. The molecule has 1 aromatic rings. The fourth-order valence-corrected chi connectivity index (χ4v) is 2.88. The Morgan fingerprint density at radius 2 is 1.95 bits per heavy atom. The van der Waals surface area contributed by atoms with Crippen LogP contribution in [-0.2, 0) is 22.2 Å². The van der Waals surface area contributed by atoms with Crippen LogP contribution >= 0.6 is 11.8 Å². The average Bonchev–Trinajstić information content (AvgIpc) is 2.84. The number of carbonyl (C=O) groups excluding carboxylic acids is 2. The second-order valence-electron chi connectivity index (χ2n) is 4.86. The minimum Gasteiger partial charge on any atom is -0.354 e. The minimum absolute atomic E-state index is 0.0266. The lowest BCUT2D eigenvalue weighted by molar-refractivity contribution is -0.137. The van der Waals surface area contributed by atoms with Crippen LogP contribution in [0.1, 0.15) is 11.1 Å². The van der Waals surface area contributed by atoms with E-state index in [0.717, 1.165) is 12.1 Å². The average molecular weight is 332 g/mol. The molecule has 0 radical (unpaired) electrons. The zero-order valence-corrected chi connectivity index (χ0v) is 12.5. The van der Waals surface area contributed by atoms with Crippen molar-refractivity contribution in [3.63, 3.8) is 0 Å². The molecule has 2 amide bonds. The summed E-state index contributed by atoms with van der Waals surface area (Å²) in [4.78, 5) is 24.5. The highest BCUT2D eigenvalue weighted by Gasteiger charge is 2.29. The fraction of sp³-hybridized carbons (Fsp3) is 0.429. The van der Waals surface area contributed by atoms with Crippen molar-refractivity contribution in [1.29, 1.82) is 0 Å². The van der Waals surface area contributed by atoms with E-state index in [-0.39, 0.29) is 18.4 Å². The van der Waals surface area contributed by atoms with Crippen molar-refractivity contribution in [2.75, 3.05) is 24.7 Å². The Labute approximate surface area is 130 Å². The SMILES string of the molecule is O=C(CN1CSCC1=O)NCCc1ccc(C(F)(F)F)cc1. The second kappa shape index (κ2) is 7.04. The molecule has 1 saturated heterocycles. The van der Waals surface area contributed by atoms with Crippen molar-refractivity contribution < 1.29 is 22.8 Å². The first-order valence-electron chi connectivity index (χ1n) is 6.64. The van der Waals surface area contributed by atoms with Crippen LogP contribution in [0.25, 0.3) is 0 Å². The molecule has 0 aromatic heterocycles. The Kier molecular flexibility index (Phi) is 5.33. The predicted octanol–water partition coefficient (Wildman–Crippen LogP) is 1.90. The molecule has 8 heteroatoms. The Morgan fingerprint density at radius 3 is 2.50 bits per heavy atom. The highest BCUT2D eigenvalue weighted by Crippen LogP contribution is 2.29. The van der Waals surface area contributed by atoms with Gasteiger partial charge in [0.15, 0.2) is 0 Å². The molecule has 1 aromatic carbocycles. The topological polar surface area (TPSA) is 49.4 Å². The van der Waals surface area contributed by atoms with Gasteiger partial charge in [0.1, 0.15) is 6.54 Å². The number of carbonyl (C=O) groups is 2. The molecule has 1 N–H and O–H groups in total. The summed E-state index contributed by atoms with van der Waals surface area (Å²) in [6, 6.07) is 4.85. The van der Waals surface area contributed by atoms with Gasteiger partial charge in [-0.05, 0) is 24.1 Å². The lowest BCUT2D eigenvalue weighted by Gasteiger charge is -2.14. The first-order valence-corrected chi connectivity index (χ1v) is 7.80. The van der Waals surface area contributed by atoms with Gasteiger partial charge in [-0.25, -0.2) is 0 Å². The largest absolute Gasteiger partial charge is 0.416 e. The highest BCUT2D eigenvalue weighted by molar-refractivity contribution is 8.00. The summed E-state index contributed by atoms with van der Waals surface area (Å²) >= 11 is 1.46. The lowest BCUT2D eigenvalue weighted by atomic mass is 10.1. The van der Waals surface area contributed by atoms with Gasteiger partial charge >= 0.3 is 6.18 Å². The number of hydrogen-bond donors (Lipinski definition) is 1. The molecule has 2 rings (SSSR count). The Balaban J connectivity index is 1.74. The molecule has 1 heterocycles. The summed E-state index contributed by atoms with van der Waals surface area (Å²) in [6.07, 6.45) is -3.90. The third-order valence-corrected chi connectivity index (χ3v) is 4.12. The molecular weight excluding hydrogens is 317 g/mol. The van der Waals surface area contributed by atoms with Gasteiger partial charge in [0.25, 0.3) is 0 Å². The number of alkyl halides is 3. The van der Waals surface area contributed by atoms with Crippen molar-refractivity contribution in [3.8, 4) is 0 Å². The number of nitrogens with zero attached hydrogens (tertiary/aromatic N) is 1. The standard InChI is InChI=1S/C14H15F3N2O2S/c15-14(16,17)11-3-1-10(2-4-11)5-6-18-12(20)7-19-9-22-8-13(19)21/h1-4H,5-9H2,(H,18,20). The van der Waals surface area contributed by atoms with Crippen molar-refractivity contribution in [3.05, 3.63) is 35.4 Å². The predicted molar refractivity (Wildman–Crippen MR) is 77.2 cm³/mol. The van der Waals surface area contributed by atoms with Crippen molar-refractivity contribution in [2.24, 2.45) is 0 Å². The first kappa shape index (κ1) is 16.7. The Hall–Kier alpha value is -1.70. The van der Waals surface area contributed by atoms with E-state index in [0.29, 0.717) is 30.2 Å². The monoisotopic (exact) mass is 332 g/mol. The van der Waals surface area contributed by atoms with Gasteiger partial charge in [-0.15, -0.1) is 11.8 Å². The van der Waals surface area contributed by atoms with E-state index in [1.54, 1.807) is 0 Å². The van der Waals surface area contributed by atoms with E-state index in [4.69, 9.17) is 0 Å². The minimum atomic E-state index is -4.34. The molecule has 0 atom stereocenters. The smallest absolute Gasteiger partial charge is 0.354 e. The normalized spacial score (nSPS) is 15.2. The number of hydrogen-bond acceptors (Lipinski definition) is 3. The molecule has 1 aliphatic heterocycles. The van der Waals surface area contributed by atoms with Gasteiger partial charge in [0.2, 0.25) is 11.8 Å². The van der Waals surface area contributed by atoms with Crippen LogP contribution in [0, 0.1) is 0 Å². The number of amides is 2. The molecule has 0 unspecified atom stereocenters. The van der Waals surface area contributed by atoms with Gasteiger partial charge < -0.3 is 10.2 Å². The molecule has 1 fully saturated rings. The van der Waals surface area contributed by atoms with Crippen molar-refractivity contribution in [1.82, 2.24) is 10.2 Å². The van der Waals surface area contributed by atoms with Gasteiger partial charge in [0, 0.05) is 6.54 Å². The maximum atomic E-state index is 12.4. The van der Waals surface area contributed by atoms with Crippen molar-refractivity contribution in [2.45, 2.75) is 12.6 Å². The number of nitrogens with one attached hydrogen (secondary N) is 1. The van der Waals surface area contributed by atoms with Gasteiger partial charge in [-0.3, -0.25) is 9.59 Å². The first-order chi connectivity index (χ1) is 10.4. The molecule has 0 spiro atoms. The van der Waals surface area contributed by atoms with E-state index in [1.807, 2.05) is 0 Å². The van der Waals surface area contributed by atoms with Gasteiger partial charge in [-0.2, -0.15) is 13.2 Å². The van der Waals surface area contributed by atoms with E-state index in [9.17, 15) is 22.8 Å². The van der Waals surface area contributed by atoms with Crippen LogP contribution in [0.4, 0.5) is 13.2 Å². The second-order valence-corrected chi connectivity index (χ2v) is 5.82. The van der Waals surface area contributed by atoms with Crippen LogP contribution in [0.2, 0.25) is 0 Å². The Morgan fingerprint density at radius 1 is 1.27 bits per heavy atom. The zero-order valence-electron chi connectivity index (χ0n) is 11.7. The molecule has 120 valence electrons. The summed E-state index contributed by atoms with van der Waals surface area (Å²) in [5.41, 5.74) is 0.0198. The number of benzene rings is 1. The summed E-state index contributed by atoms with van der Waals surface area (Å²) in [7, 11) is 0. The summed E-state index contributed by atoms with van der Waals surface area (Å²) in [5.74, 6) is 0.606. The quantitative estimate of drug-likeness (QED) is 0.896. The van der Waals surface area contributed by atoms with Crippen LogP contribution in [-0.4, -0.2) is 41.4 Å². The fourth-order valence-electron chi connectivity index (χ4n) is 1.98. The van der Waals surface area contributed by atoms with E-state index in [1.165, 1.54) is 28.8 Å². The van der Waals surface area contributed by atoms with Crippen LogP contribution in [0.15, 0.2) is 24.3 Å². The molecule has 0 aliphatic carbocycles. The Bertz CT molecular complexity index is 546. The zero-order chi connectivity index (χ0) is 16.2. The molecule has 22 heavy (non-hydrogen) atoms. The molecule has 0 bridgehead atoms. The lowest BCUT2D eigenvalue weighted by Crippen LogP contribution is -2.38. The summed E-state index contributed by atoms with van der Waals surface area (Å²) < 4.78 is 37.2. The third-order valence-electron chi connectivity index (χ3n) is 3.18. The maximum absolute atomic E-state index is 12.4. The van der Waals surface area contributed by atoms with Crippen LogP contribution < -0.4 is 5.32 Å². The molecule has 1 aliphatic rings. The van der Waals surface area contributed by atoms with Gasteiger partial charge in [-0.1, -0.05) is 12.1 Å². The number of rotatable bonds is 5. The molecular formula is C14H15F3N2O2S. The van der Waals surface area contributed by atoms with E-state index >= 15 is 0 Å². The van der Waals surface area contributed by atoms with E-state index in [2.05, 4.69) is 5.32 Å². The number of halogens is 3. The van der Waals surface area contributed by atoms with Gasteiger partial charge in [0.05, 0.1) is 17.2 Å². The molecule has 4 nitrogen and oxygen atoms in total. The van der Waals surface area contributed by atoms with Crippen LogP contribution in [0.3, 0.4) is 0 Å². The number of thioether (sulfide) groups is 1. The van der Waals surface area contributed by atoms with E-state index < -0.39 is 11.7 Å². The molecule has 0 saturated carbocycles. The summed E-state index contributed by atoms with van der Waals surface area (Å²) in [6.45, 7) is 0.345. The van der Waals surface area contributed by atoms with Crippen LogP contribution in [0.5, 0.6) is 0 Å². The van der Waals surface area contributed by atoms with Crippen molar-refractivity contribution >= 4 is 23.6 Å².